The maximum Gasteiger partial charge on any atom is 0.272 e. The Morgan fingerprint density at radius 2 is 2.20 bits per heavy atom. The van der Waals surface area contributed by atoms with E-state index in [4.69, 9.17) is 0 Å². The number of hydrogen-bond donors (Lipinski definition) is 2. The predicted molar refractivity (Wildman–Crippen MR) is 72.6 cm³/mol. The summed E-state index contributed by atoms with van der Waals surface area (Å²) in [6, 6.07) is 4.00. The molecule has 2 N–H and O–H groups in total. The molecule has 1 aliphatic rings. The van der Waals surface area contributed by atoms with Gasteiger partial charge in [-0.3, -0.25) is 14.9 Å². The van der Waals surface area contributed by atoms with E-state index in [2.05, 4.69) is 5.32 Å². The molecule has 1 amide bonds. The highest BCUT2D eigenvalue weighted by atomic mass is 16.6. The lowest BCUT2D eigenvalue weighted by Gasteiger charge is -2.26. The Balaban J connectivity index is 2.21. The lowest BCUT2D eigenvalue weighted by Crippen LogP contribution is -2.44. The second-order valence-electron chi connectivity index (χ2n) is 4.97. The van der Waals surface area contributed by atoms with Crippen LogP contribution in [0.2, 0.25) is 0 Å². The van der Waals surface area contributed by atoms with Crippen molar-refractivity contribution in [3.63, 3.8) is 0 Å². The Morgan fingerprint density at radius 1 is 1.50 bits per heavy atom. The van der Waals surface area contributed by atoms with E-state index in [0.717, 1.165) is 0 Å². The Labute approximate surface area is 116 Å². The van der Waals surface area contributed by atoms with Crippen molar-refractivity contribution < 1.29 is 14.8 Å². The van der Waals surface area contributed by atoms with E-state index in [1.165, 1.54) is 23.1 Å². The van der Waals surface area contributed by atoms with Gasteiger partial charge in [-0.15, -0.1) is 0 Å². The maximum absolute atomic E-state index is 12.3. The minimum Gasteiger partial charge on any atom is -0.390 e. The lowest BCUT2D eigenvalue weighted by molar-refractivity contribution is -0.385. The monoisotopic (exact) mass is 279 g/mol. The molecule has 0 unspecified atom stereocenters. The number of hydrogen-bond acceptors (Lipinski definition) is 5. The molecule has 1 saturated heterocycles. The van der Waals surface area contributed by atoms with Crippen molar-refractivity contribution >= 4 is 11.6 Å². The average Bonchev–Trinajstić information content (AvgIpc) is 2.82. The number of nitrogens with zero attached hydrogens (tertiary/aromatic N) is 2. The van der Waals surface area contributed by atoms with Crippen LogP contribution >= 0.6 is 0 Å². The van der Waals surface area contributed by atoms with Crippen LogP contribution in [0.4, 0.5) is 5.69 Å². The van der Waals surface area contributed by atoms with Crippen LogP contribution in [0.1, 0.15) is 15.9 Å². The second-order valence-corrected chi connectivity index (χ2v) is 4.97. The molecule has 7 nitrogen and oxygen atoms in total. The SMILES string of the molecule is Cc1cc(C(=O)N(C)[C@H]2CNC[C@@H]2O)ccc1[N+](=O)[O-]. The molecule has 1 aromatic carbocycles. The number of amides is 1. The molecule has 0 aromatic heterocycles. The normalized spacial score (nSPS) is 21.8. The topological polar surface area (TPSA) is 95.7 Å². The van der Waals surface area contributed by atoms with Gasteiger partial charge in [-0.1, -0.05) is 0 Å². The summed E-state index contributed by atoms with van der Waals surface area (Å²) in [7, 11) is 1.62. The summed E-state index contributed by atoms with van der Waals surface area (Å²) in [6.07, 6.45) is -0.594. The molecule has 108 valence electrons. The fraction of sp³-hybridized carbons (Fsp3) is 0.462. The Bertz CT molecular complexity index is 546. The van der Waals surface area contributed by atoms with Crippen molar-refractivity contribution in [2.45, 2.75) is 19.1 Å². The molecular weight excluding hydrogens is 262 g/mol. The first-order valence-corrected chi connectivity index (χ1v) is 6.33. The number of carbonyl (C=O) groups excluding carboxylic acids is 1. The highest BCUT2D eigenvalue weighted by Gasteiger charge is 2.31. The number of nitro groups is 1. The smallest absolute Gasteiger partial charge is 0.272 e. The molecule has 1 aliphatic heterocycles. The highest BCUT2D eigenvalue weighted by Crippen LogP contribution is 2.20. The van der Waals surface area contributed by atoms with Gasteiger partial charge in [-0.25, -0.2) is 0 Å². The first-order chi connectivity index (χ1) is 9.41. The number of nitro benzene ring substituents is 1. The molecule has 1 heterocycles. The number of aryl methyl sites for hydroxylation is 1. The number of β-amino-alcohol motifs (C(OH)–C–C–N with tert-alkyl or cyclic N) is 1. The van der Waals surface area contributed by atoms with Gasteiger partial charge >= 0.3 is 0 Å². The van der Waals surface area contributed by atoms with Crippen LogP contribution in [0.5, 0.6) is 0 Å². The summed E-state index contributed by atoms with van der Waals surface area (Å²) in [5, 5.41) is 23.6. The minimum absolute atomic E-state index is 0.00762. The quantitative estimate of drug-likeness (QED) is 0.613. The molecule has 1 fully saturated rings. The fourth-order valence-corrected chi connectivity index (χ4v) is 2.39. The van der Waals surface area contributed by atoms with Crippen LogP contribution in [-0.4, -0.2) is 53.1 Å². The third-order valence-electron chi connectivity index (χ3n) is 3.61. The summed E-state index contributed by atoms with van der Waals surface area (Å²) < 4.78 is 0. The van der Waals surface area contributed by atoms with Crippen molar-refractivity contribution in [2.24, 2.45) is 0 Å². The lowest BCUT2D eigenvalue weighted by atomic mass is 10.1. The van der Waals surface area contributed by atoms with Crippen molar-refractivity contribution in [3.05, 3.63) is 39.4 Å². The zero-order chi connectivity index (χ0) is 14.9. The van der Waals surface area contributed by atoms with E-state index in [1.54, 1.807) is 14.0 Å². The van der Waals surface area contributed by atoms with Crippen molar-refractivity contribution in [1.82, 2.24) is 10.2 Å². The van der Waals surface area contributed by atoms with Crippen molar-refractivity contribution in [1.29, 1.82) is 0 Å². The van der Waals surface area contributed by atoms with Crippen LogP contribution in [0, 0.1) is 17.0 Å². The summed E-state index contributed by atoms with van der Waals surface area (Å²) in [5.74, 6) is -0.254. The van der Waals surface area contributed by atoms with E-state index >= 15 is 0 Å². The molecule has 0 aliphatic carbocycles. The van der Waals surface area contributed by atoms with Gasteiger partial charge in [0.05, 0.1) is 17.1 Å². The van der Waals surface area contributed by atoms with Gasteiger partial charge in [-0.2, -0.15) is 0 Å². The van der Waals surface area contributed by atoms with Crippen LogP contribution in [0.15, 0.2) is 18.2 Å². The van der Waals surface area contributed by atoms with Crippen molar-refractivity contribution in [3.8, 4) is 0 Å². The first kappa shape index (κ1) is 14.4. The number of aliphatic hydroxyl groups is 1. The number of carbonyl (C=O) groups is 1. The molecule has 0 radical (unpaired) electrons. The number of benzene rings is 1. The number of likely N-dealkylation sites (N-methyl/N-ethyl adjacent to an activating group) is 1. The highest BCUT2D eigenvalue weighted by molar-refractivity contribution is 5.94. The van der Waals surface area contributed by atoms with E-state index in [9.17, 15) is 20.0 Å². The number of aliphatic hydroxyl groups excluding tert-OH is 1. The van der Waals surface area contributed by atoms with Crippen LogP contribution in [0.25, 0.3) is 0 Å². The van der Waals surface area contributed by atoms with Gasteiger partial charge in [0.15, 0.2) is 0 Å². The van der Waals surface area contributed by atoms with E-state index in [0.29, 0.717) is 24.2 Å². The van der Waals surface area contributed by atoms with Gasteiger partial charge in [0, 0.05) is 37.3 Å². The van der Waals surface area contributed by atoms with Crippen molar-refractivity contribution in [2.75, 3.05) is 20.1 Å². The summed E-state index contributed by atoms with van der Waals surface area (Å²) in [4.78, 5) is 24.1. The zero-order valence-corrected chi connectivity index (χ0v) is 11.4. The van der Waals surface area contributed by atoms with Crippen LogP contribution < -0.4 is 5.32 Å². The van der Waals surface area contributed by atoms with E-state index < -0.39 is 11.0 Å². The van der Waals surface area contributed by atoms with Crippen LogP contribution in [0.3, 0.4) is 0 Å². The van der Waals surface area contributed by atoms with Gasteiger partial charge in [-0.05, 0) is 19.1 Å². The van der Waals surface area contributed by atoms with Gasteiger partial charge in [0.2, 0.25) is 0 Å². The van der Waals surface area contributed by atoms with Gasteiger partial charge in [0.25, 0.3) is 11.6 Å². The molecule has 0 bridgehead atoms. The van der Waals surface area contributed by atoms with E-state index in [-0.39, 0.29) is 17.6 Å². The number of rotatable bonds is 3. The van der Waals surface area contributed by atoms with Crippen LogP contribution in [-0.2, 0) is 0 Å². The maximum atomic E-state index is 12.3. The Morgan fingerprint density at radius 3 is 2.70 bits per heavy atom. The number of nitrogens with one attached hydrogen (secondary N) is 1. The Kier molecular flexibility index (Phi) is 4.01. The molecule has 2 atom stereocenters. The fourth-order valence-electron chi connectivity index (χ4n) is 2.39. The molecule has 7 heteroatoms. The Hall–Kier alpha value is -1.99. The van der Waals surface area contributed by atoms with Gasteiger partial charge in [0.1, 0.15) is 0 Å². The minimum atomic E-state index is -0.594. The standard InChI is InChI=1S/C13H17N3O4/c1-8-5-9(3-4-10(8)16(19)20)13(18)15(2)11-6-14-7-12(11)17/h3-5,11-12,14,17H,6-7H2,1-2H3/t11-,12-/m0/s1. The molecule has 1 aromatic rings. The predicted octanol–water partition coefficient (Wildman–Crippen LogP) is 0.308. The summed E-state index contributed by atoms with van der Waals surface area (Å²) in [5.41, 5.74) is 0.820. The zero-order valence-electron chi connectivity index (χ0n) is 11.4. The average molecular weight is 279 g/mol. The largest absolute Gasteiger partial charge is 0.390 e. The molecular formula is C13H17N3O4. The third-order valence-corrected chi connectivity index (χ3v) is 3.61. The molecule has 20 heavy (non-hydrogen) atoms. The summed E-state index contributed by atoms with van der Waals surface area (Å²) in [6.45, 7) is 2.60. The molecule has 0 spiro atoms. The van der Waals surface area contributed by atoms with Gasteiger partial charge < -0.3 is 15.3 Å². The molecule has 0 saturated carbocycles. The van der Waals surface area contributed by atoms with E-state index in [1.807, 2.05) is 0 Å². The third kappa shape index (κ3) is 2.63. The molecule has 2 rings (SSSR count). The second kappa shape index (κ2) is 5.56. The summed E-state index contributed by atoms with van der Waals surface area (Å²) >= 11 is 0. The first-order valence-electron chi connectivity index (χ1n) is 6.33.